The van der Waals surface area contributed by atoms with Gasteiger partial charge in [0.15, 0.2) is 0 Å². The fraction of sp³-hybridized carbons (Fsp3) is 0.133. The Labute approximate surface area is 148 Å². The molecule has 2 aromatic heterocycles. The molecule has 0 saturated carbocycles. The summed E-state index contributed by atoms with van der Waals surface area (Å²) in [6.07, 6.45) is 1.64. The molecule has 0 aliphatic rings. The highest BCUT2D eigenvalue weighted by molar-refractivity contribution is 6.39. The zero-order chi connectivity index (χ0) is 17.1. The minimum atomic E-state index is 0.407. The summed E-state index contributed by atoms with van der Waals surface area (Å²) in [5.41, 5.74) is 2.20. The number of anilines is 3. The van der Waals surface area contributed by atoms with E-state index in [1.165, 1.54) is 0 Å². The van der Waals surface area contributed by atoms with Gasteiger partial charge in [0.05, 0.1) is 17.2 Å². The normalized spacial score (nSPS) is 10.5. The van der Waals surface area contributed by atoms with Gasteiger partial charge >= 0.3 is 0 Å². The van der Waals surface area contributed by atoms with Crippen LogP contribution in [0.1, 0.15) is 0 Å². The fourth-order valence-corrected chi connectivity index (χ4v) is 2.86. The summed E-state index contributed by atoms with van der Waals surface area (Å²) >= 11 is 12.8. The van der Waals surface area contributed by atoms with Gasteiger partial charge in [-0.2, -0.15) is 4.98 Å². The van der Waals surface area contributed by atoms with Crippen LogP contribution in [0.2, 0.25) is 10.0 Å². The molecule has 0 bridgehead atoms. The first kappa shape index (κ1) is 16.4. The molecular weight excluding hydrogens is 351 g/mol. The summed E-state index contributed by atoms with van der Waals surface area (Å²) in [6, 6.07) is 7.10. The van der Waals surface area contributed by atoms with E-state index in [9.17, 15) is 0 Å². The predicted molar refractivity (Wildman–Crippen MR) is 95.5 cm³/mol. The van der Waals surface area contributed by atoms with Gasteiger partial charge in [-0.05, 0) is 23.8 Å². The van der Waals surface area contributed by atoms with Crippen molar-refractivity contribution in [3.8, 4) is 17.0 Å². The van der Waals surface area contributed by atoms with Crippen molar-refractivity contribution in [2.45, 2.75) is 0 Å². The molecule has 0 unspecified atom stereocenters. The summed E-state index contributed by atoms with van der Waals surface area (Å²) in [6.45, 7) is 0. The summed E-state index contributed by atoms with van der Waals surface area (Å²) in [5.74, 6) is 1.45. The summed E-state index contributed by atoms with van der Waals surface area (Å²) in [4.78, 5) is 8.27. The maximum Gasteiger partial charge on any atom is 0.248 e. The molecule has 124 valence electrons. The molecule has 0 spiro atoms. The second kappa shape index (κ2) is 6.94. The number of aromatic nitrogens is 4. The Bertz CT molecular complexity index is 844. The summed E-state index contributed by atoms with van der Waals surface area (Å²) < 4.78 is 5.14. The third-order valence-corrected chi connectivity index (χ3v) is 3.85. The highest BCUT2D eigenvalue weighted by Gasteiger charge is 2.13. The van der Waals surface area contributed by atoms with Gasteiger partial charge in [-0.25, -0.2) is 10.1 Å². The molecule has 3 rings (SSSR count). The molecular formula is C15H14Cl2N6O. The van der Waals surface area contributed by atoms with E-state index >= 15 is 0 Å². The monoisotopic (exact) mass is 364 g/mol. The van der Waals surface area contributed by atoms with Crippen molar-refractivity contribution < 1.29 is 4.74 Å². The minimum absolute atomic E-state index is 0.407. The van der Waals surface area contributed by atoms with Gasteiger partial charge < -0.3 is 15.4 Å². The number of benzene rings is 1. The molecule has 3 aromatic rings. The van der Waals surface area contributed by atoms with Crippen LogP contribution < -0.4 is 15.4 Å². The van der Waals surface area contributed by atoms with E-state index in [4.69, 9.17) is 27.9 Å². The average molecular weight is 365 g/mol. The van der Waals surface area contributed by atoms with Crippen molar-refractivity contribution in [2.24, 2.45) is 0 Å². The fourth-order valence-electron chi connectivity index (χ4n) is 2.16. The minimum Gasteiger partial charge on any atom is -0.481 e. The van der Waals surface area contributed by atoms with Gasteiger partial charge in [0, 0.05) is 30.6 Å². The van der Waals surface area contributed by atoms with Crippen LogP contribution in [0.3, 0.4) is 0 Å². The van der Waals surface area contributed by atoms with Crippen LogP contribution in [0.5, 0.6) is 5.88 Å². The van der Waals surface area contributed by atoms with Crippen LogP contribution in [-0.2, 0) is 0 Å². The zero-order valence-corrected chi connectivity index (χ0v) is 14.4. The third kappa shape index (κ3) is 3.37. The first-order valence-electron chi connectivity index (χ1n) is 6.97. The molecule has 0 aliphatic heterocycles. The Kier molecular flexibility index (Phi) is 4.73. The van der Waals surface area contributed by atoms with E-state index < -0.39 is 0 Å². The lowest BCUT2D eigenvalue weighted by Gasteiger charge is -2.11. The van der Waals surface area contributed by atoms with Crippen molar-refractivity contribution in [3.63, 3.8) is 0 Å². The smallest absolute Gasteiger partial charge is 0.248 e. The molecule has 1 aromatic carbocycles. The number of nitrogens with one attached hydrogen (secondary N) is 3. The van der Waals surface area contributed by atoms with E-state index in [-0.39, 0.29) is 0 Å². The zero-order valence-electron chi connectivity index (χ0n) is 12.9. The Balaban J connectivity index is 1.93. The molecule has 3 N–H and O–H groups in total. The molecule has 0 fully saturated rings. The number of methoxy groups -OCH3 is 1. The highest BCUT2D eigenvalue weighted by Crippen LogP contribution is 2.38. The predicted octanol–water partition coefficient (Wildman–Crippen LogP) is 3.97. The number of hydrogen-bond donors (Lipinski definition) is 3. The molecule has 2 heterocycles. The second-order valence-electron chi connectivity index (χ2n) is 4.78. The molecule has 0 saturated heterocycles. The first-order chi connectivity index (χ1) is 11.6. The van der Waals surface area contributed by atoms with E-state index in [1.54, 1.807) is 38.6 Å². The Morgan fingerprint density at radius 1 is 1.17 bits per heavy atom. The number of ether oxygens (including phenoxy) is 1. The maximum atomic E-state index is 6.42. The Morgan fingerprint density at radius 3 is 2.54 bits per heavy atom. The van der Waals surface area contributed by atoms with Crippen LogP contribution in [0.25, 0.3) is 11.1 Å². The molecule has 7 nitrogen and oxygen atoms in total. The Hall–Kier alpha value is -2.51. The lowest BCUT2D eigenvalue weighted by Crippen LogP contribution is -1.95. The van der Waals surface area contributed by atoms with E-state index in [1.807, 2.05) is 6.07 Å². The van der Waals surface area contributed by atoms with E-state index in [0.717, 1.165) is 5.56 Å². The van der Waals surface area contributed by atoms with Gasteiger partial charge in [0.1, 0.15) is 0 Å². The SMILES string of the molecule is CNc1nc(Nc2cc(Cl)c(-c3ccnc(OC)c3)c(Cl)c2)n[nH]1. The topological polar surface area (TPSA) is 87.8 Å². The number of aromatic amines is 1. The Morgan fingerprint density at radius 2 is 1.92 bits per heavy atom. The molecule has 0 amide bonds. The van der Waals surface area contributed by atoms with Crippen molar-refractivity contribution >= 4 is 40.8 Å². The van der Waals surface area contributed by atoms with Crippen molar-refractivity contribution in [1.82, 2.24) is 20.2 Å². The van der Waals surface area contributed by atoms with Crippen LogP contribution in [-0.4, -0.2) is 34.3 Å². The number of halogens is 2. The molecule has 0 aliphatic carbocycles. The molecule has 0 radical (unpaired) electrons. The molecule has 9 heteroatoms. The number of pyridine rings is 1. The van der Waals surface area contributed by atoms with E-state index in [0.29, 0.717) is 39.1 Å². The van der Waals surface area contributed by atoms with Crippen molar-refractivity contribution in [3.05, 3.63) is 40.5 Å². The van der Waals surface area contributed by atoms with Gasteiger partial charge in [-0.1, -0.05) is 23.2 Å². The lowest BCUT2D eigenvalue weighted by molar-refractivity contribution is 0.398. The highest BCUT2D eigenvalue weighted by atomic mass is 35.5. The van der Waals surface area contributed by atoms with Crippen LogP contribution in [0, 0.1) is 0 Å². The lowest BCUT2D eigenvalue weighted by atomic mass is 10.1. The van der Waals surface area contributed by atoms with Gasteiger partial charge in [-0.15, -0.1) is 5.10 Å². The molecule has 0 atom stereocenters. The quantitative estimate of drug-likeness (QED) is 0.634. The van der Waals surface area contributed by atoms with Gasteiger partial charge in [0.25, 0.3) is 0 Å². The van der Waals surface area contributed by atoms with Gasteiger partial charge in [-0.3, -0.25) is 0 Å². The summed E-state index contributed by atoms with van der Waals surface area (Å²) in [5, 5.41) is 13.6. The van der Waals surface area contributed by atoms with E-state index in [2.05, 4.69) is 30.8 Å². The maximum absolute atomic E-state index is 6.42. The summed E-state index contributed by atoms with van der Waals surface area (Å²) in [7, 11) is 3.30. The van der Waals surface area contributed by atoms with Crippen molar-refractivity contribution in [2.75, 3.05) is 24.8 Å². The van der Waals surface area contributed by atoms with Crippen molar-refractivity contribution in [1.29, 1.82) is 0 Å². The number of hydrogen-bond acceptors (Lipinski definition) is 6. The number of H-pyrrole nitrogens is 1. The second-order valence-corrected chi connectivity index (χ2v) is 5.60. The molecule has 24 heavy (non-hydrogen) atoms. The number of rotatable bonds is 5. The van der Waals surface area contributed by atoms with Gasteiger partial charge in [0.2, 0.25) is 17.8 Å². The third-order valence-electron chi connectivity index (χ3n) is 3.25. The standard InChI is InChI=1S/C15H14Cl2N6O/c1-18-14-21-15(23-22-14)20-9-6-10(16)13(11(17)7-9)8-3-4-19-12(5-8)24-2/h3-7H,1-2H3,(H3,18,20,21,22,23). The number of nitrogens with zero attached hydrogens (tertiary/aromatic N) is 3. The largest absolute Gasteiger partial charge is 0.481 e. The van der Waals surface area contributed by atoms with Crippen LogP contribution >= 0.6 is 23.2 Å². The van der Waals surface area contributed by atoms with Crippen LogP contribution in [0.15, 0.2) is 30.5 Å². The first-order valence-corrected chi connectivity index (χ1v) is 7.73. The van der Waals surface area contributed by atoms with Crippen LogP contribution in [0.4, 0.5) is 17.6 Å². The average Bonchev–Trinajstić information content (AvgIpc) is 3.02.